The highest BCUT2D eigenvalue weighted by atomic mass is 16.5. The van der Waals surface area contributed by atoms with E-state index < -0.39 is 0 Å². The molecule has 19 heavy (non-hydrogen) atoms. The lowest BCUT2D eigenvalue weighted by Crippen LogP contribution is -2.36. The third-order valence-electron chi connectivity index (χ3n) is 3.57. The first kappa shape index (κ1) is 14.0. The van der Waals surface area contributed by atoms with E-state index in [4.69, 9.17) is 4.74 Å². The molecular formula is C15H22N2O2. The first-order valence-corrected chi connectivity index (χ1v) is 6.61. The highest BCUT2D eigenvalue weighted by molar-refractivity contribution is 5.76. The maximum absolute atomic E-state index is 11.5. The largest absolute Gasteiger partial charge is 0.468 e. The minimum atomic E-state index is -0.266. The lowest BCUT2D eigenvalue weighted by Gasteiger charge is -2.20. The van der Waals surface area contributed by atoms with Crippen LogP contribution in [-0.2, 0) is 14.9 Å². The van der Waals surface area contributed by atoms with E-state index in [2.05, 4.69) is 55.9 Å². The topological polar surface area (TPSA) is 50.4 Å². The quantitative estimate of drug-likeness (QED) is 0.801. The fourth-order valence-corrected chi connectivity index (χ4v) is 2.29. The van der Waals surface area contributed by atoms with Gasteiger partial charge in [-0.2, -0.15) is 0 Å². The first-order chi connectivity index (χ1) is 8.91. The second kappa shape index (κ2) is 5.31. The molecule has 2 unspecified atom stereocenters. The van der Waals surface area contributed by atoms with Crippen molar-refractivity contribution in [1.82, 2.24) is 10.9 Å². The number of hydrogen-bond donors (Lipinski definition) is 2. The highest BCUT2D eigenvalue weighted by Crippen LogP contribution is 2.27. The van der Waals surface area contributed by atoms with Crippen LogP contribution in [0.25, 0.3) is 0 Å². The Morgan fingerprint density at radius 2 is 1.84 bits per heavy atom. The third-order valence-corrected chi connectivity index (χ3v) is 3.57. The number of nitrogens with one attached hydrogen (secondary N) is 2. The summed E-state index contributed by atoms with van der Waals surface area (Å²) in [6.07, 6.45) is 0.710. The molecule has 1 aromatic carbocycles. The third kappa shape index (κ3) is 3.14. The number of hydrogen-bond acceptors (Lipinski definition) is 4. The Morgan fingerprint density at radius 1 is 1.21 bits per heavy atom. The van der Waals surface area contributed by atoms with Crippen LogP contribution in [0.3, 0.4) is 0 Å². The Bertz CT molecular complexity index is 448. The van der Waals surface area contributed by atoms with Gasteiger partial charge in [-0.1, -0.05) is 45.0 Å². The monoisotopic (exact) mass is 262 g/mol. The Balaban J connectivity index is 2.06. The van der Waals surface area contributed by atoms with E-state index in [0.29, 0.717) is 6.42 Å². The highest BCUT2D eigenvalue weighted by Gasteiger charge is 2.30. The summed E-state index contributed by atoms with van der Waals surface area (Å²) in [5, 5.41) is 0. The van der Waals surface area contributed by atoms with Crippen molar-refractivity contribution in [3.05, 3.63) is 35.4 Å². The molecule has 0 spiro atoms. The van der Waals surface area contributed by atoms with Gasteiger partial charge >= 0.3 is 5.97 Å². The van der Waals surface area contributed by atoms with Crippen molar-refractivity contribution in [2.45, 2.75) is 44.7 Å². The summed E-state index contributed by atoms with van der Waals surface area (Å²) in [6.45, 7) is 6.60. The van der Waals surface area contributed by atoms with Gasteiger partial charge < -0.3 is 4.74 Å². The minimum Gasteiger partial charge on any atom is -0.468 e. The molecule has 0 amide bonds. The lowest BCUT2D eigenvalue weighted by atomic mass is 9.86. The van der Waals surface area contributed by atoms with Gasteiger partial charge in [0.25, 0.3) is 0 Å². The normalized spacial score (nSPS) is 23.4. The molecule has 0 bridgehead atoms. The van der Waals surface area contributed by atoms with Crippen LogP contribution in [0.4, 0.5) is 0 Å². The van der Waals surface area contributed by atoms with Crippen molar-refractivity contribution in [3.8, 4) is 0 Å². The Hall–Kier alpha value is -1.39. The summed E-state index contributed by atoms with van der Waals surface area (Å²) in [4.78, 5) is 11.5. The molecule has 1 heterocycles. The summed E-state index contributed by atoms with van der Waals surface area (Å²) in [7, 11) is 1.41. The molecule has 1 saturated heterocycles. The molecule has 1 fully saturated rings. The molecule has 2 N–H and O–H groups in total. The summed E-state index contributed by atoms with van der Waals surface area (Å²) in [6, 6.07) is 8.44. The van der Waals surface area contributed by atoms with Gasteiger partial charge in [0.05, 0.1) is 7.11 Å². The zero-order valence-electron chi connectivity index (χ0n) is 12.0. The van der Waals surface area contributed by atoms with E-state index in [9.17, 15) is 4.79 Å². The van der Waals surface area contributed by atoms with Crippen molar-refractivity contribution in [3.63, 3.8) is 0 Å². The first-order valence-electron chi connectivity index (χ1n) is 6.61. The van der Waals surface area contributed by atoms with Gasteiger partial charge in [0.1, 0.15) is 6.04 Å². The van der Waals surface area contributed by atoms with E-state index in [1.165, 1.54) is 18.2 Å². The van der Waals surface area contributed by atoms with Crippen molar-refractivity contribution in [2.24, 2.45) is 0 Å². The van der Waals surface area contributed by atoms with Gasteiger partial charge in [0.2, 0.25) is 0 Å². The molecule has 2 rings (SSSR count). The second-order valence-corrected chi connectivity index (χ2v) is 6.02. The number of methoxy groups -OCH3 is 1. The molecule has 0 radical (unpaired) electrons. The molecule has 0 saturated carbocycles. The van der Waals surface area contributed by atoms with Crippen molar-refractivity contribution in [1.29, 1.82) is 0 Å². The minimum absolute atomic E-state index is 0.151. The average molecular weight is 262 g/mol. The van der Waals surface area contributed by atoms with E-state index in [-0.39, 0.29) is 23.5 Å². The fourth-order valence-electron chi connectivity index (χ4n) is 2.29. The van der Waals surface area contributed by atoms with Crippen LogP contribution in [0.15, 0.2) is 24.3 Å². The van der Waals surface area contributed by atoms with Crippen molar-refractivity contribution in [2.75, 3.05) is 7.11 Å². The molecule has 1 aliphatic heterocycles. The zero-order valence-corrected chi connectivity index (χ0v) is 12.0. The fraction of sp³-hybridized carbons (Fsp3) is 0.533. The summed E-state index contributed by atoms with van der Waals surface area (Å²) < 4.78 is 4.74. The molecule has 0 aliphatic carbocycles. The number of carbonyl (C=O) groups excluding carboxylic acids is 1. The molecule has 4 heteroatoms. The van der Waals surface area contributed by atoms with E-state index >= 15 is 0 Å². The maximum Gasteiger partial charge on any atom is 0.324 e. The summed E-state index contributed by atoms with van der Waals surface area (Å²) in [5.74, 6) is -0.221. The van der Waals surface area contributed by atoms with Crippen LogP contribution < -0.4 is 10.9 Å². The zero-order chi connectivity index (χ0) is 14.0. The summed E-state index contributed by atoms with van der Waals surface area (Å²) >= 11 is 0. The van der Waals surface area contributed by atoms with Crippen LogP contribution in [0.2, 0.25) is 0 Å². The average Bonchev–Trinajstić information content (AvgIpc) is 2.86. The number of rotatable bonds is 2. The predicted octanol–water partition coefficient (Wildman–Crippen LogP) is 2.06. The maximum atomic E-state index is 11.5. The number of benzene rings is 1. The SMILES string of the molecule is COC(=O)C1CC(c2ccc(C(C)(C)C)cc2)NN1. The molecule has 104 valence electrons. The van der Waals surface area contributed by atoms with Gasteiger partial charge in [0, 0.05) is 6.04 Å². The van der Waals surface area contributed by atoms with Crippen molar-refractivity contribution >= 4 is 5.97 Å². The van der Waals surface area contributed by atoms with Gasteiger partial charge in [-0.15, -0.1) is 0 Å². The Kier molecular flexibility index (Phi) is 3.92. The van der Waals surface area contributed by atoms with Gasteiger partial charge in [-0.3, -0.25) is 4.79 Å². The second-order valence-electron chi connectivity index (χ2n) is 6.02. The van der Waals surface area contributed by atoms with Crippen LogP contribution in [0.5, 0.6) is 0 Å². The van der Waals surface area contributed by atoms with Crippen LogP contribution >= 0.6 is 0 Å². The van der Waals surface area contributed by atoms with Gasteiger partial charge in [-0.25, -0.2) is 10.9 Å². The number of carbonyl (C=O) groups is 1. The van der Waals surface area contributed by atoms with Crippen LogP contribution in [-0.4, -0.2) is 19.1 Å². The van der Waals surface area contributed by atoms with Gasteiger partial charge in [-0.05, 0) is 23.0 Å². The number of hydrazine groups is 1. The van der Waals surface area contributed by atoms with E-state index in [1.54, 1.807) is 0 Å². The van der Waals surface area contributed by atoms with Crippen LogP contribution in [0.1, 0.15) is 44.4 Å². The predicted molar refractivity (Wildman–Crippen MR) is 74.6 cm³/mol. The molecule has 4 nitrogen and oxygen atoms in total. The molecule has 2 atom stereocenters. The molecular weight excluding hydrogens is 240 g/mol. The lowest BCUT2D eigenvalue weighted by molar-refractivity contribution is -0.142. The smallest absolute Gasteiger partial charge is 0.324 e. The molecule has 1 aliphatic rings. The standard InChI is InChI=1S/C15H22N2O2/c1-15(2,3)11-7-5-10(6-8-11)12-9-13(17-16-12)14(18)19-4/h5-8,12-13,16-17H,9H2,1-4H3. The number of ether oxygens (including phenoxy) is 1. The Labute approximate surface area is 114 Å². The van der Waals surface area contributed by atoms with Gasteiger partial charge in [0.15, 0.2) is 0 Å². The van der Waals surface area contributed by atoms with Crippen LogP contribution in [0, 0.1) is 0 Å². The van der Waals surface area contributed by atoms with E-state index in [0.717, 1.165) is 0 Å². The van der Waals surface area contributed by atoms with E-state index in [1.807, 2.05) is 0 Å². The number of esters is 1. The van der Waals surface area contributed by atoms with Crippen molar-refractivity contribution < 1.29 is 9.53 Å². The Morgan fingerprint density at radius 3 is 2.37 bits per heavy atom. The summed E-state index contributed by atoms with van der Waals surface area (Å²) in [5.41, 5.74) is 8.78. The molecule has 0 aromatic heterocycles. The molecule has 1 aromatic rings.